The minimum atomic E-state index is -1.17. The minimum Gasteiger partial charge on any atom is -0.480 e. The maximum absolute atomic E-state index is 12.8. The van der Waals surface area contributed by atoms with Gasteiger partial charge in [-0.15, -0.1) is 0 Å². The Labute approximate surface area is 175 Å². The summed E-state index contributed by atoms with van der Waals surface area (Å²) < 4.78 is 0. The molecule has 0 aromatic carbocycles. The van der Waals surface area contributed by atoms with E-state index < -0.39 is 47.9 Å². The van der Waals surface area contributed by atoms with Gasteiger partial charge in [0.05, 0.1) is 6.04 Å². The fraction of sp³-hybridized carbons (Fsp3) is 0.765. The highest BCUT2D eigenvalue weighted by Crippen LogP contribution is 2.10. The number of nitrogens with two attached hydrogens (primary N) is 1. The van der Waals surface area contributed by atoms with Crippen LogP contribution in [0.25, 0.3) is 0 Å². The number of carboxylic acid groups (broad SMARTS) is 1. The molecule has 0 radical (unpaired) electrons. The van der Waals surface area contributed by atoms with Gasteiger partial charge in [0.2, 0.25) is 17.7 Å². The third-order valence-corrected chi connectivity index (χ3v) is 5.34. The number of carbonyl (C=O) groups excluding carboxylic acids is 3. The Kier molecular flexibility index (Phi) is 13.0. The molecule has 0 saturated heterocycles. The van der Waals surface area contributed by atoms with Crippen LogP contribution in [-0.4, -0.2) is 70.7 Å². The molecule has 0 saturated carbocycles. The number of aliphatic carboxylic acids is 1. The number of rotatable bonds is 13. The highest BCUT2D eigenvalue weighted by Gasteiger charge is 2.31. The summed E-state index contributed by atoms with van der Waals surface area (Å²) >= 11 is 5.48. The largest absolute Gasteiger partial charge is 0.480 e. The van der Waals surface area contributed by atoms with Crippen LogP contribution in [0.1, 0.15) is 33.6 Å². The Balaban J connectivity index is 5.30. The molecule has 0 aliphatic carbocycles. The van der Waals surface area contributed by atoms with E-state index in [-0.39, 0.29) is 11.7 Å². The summed E-state index contributed by atoms with van der Waals surface area (Å²) in [6, 6.07) is -3.72. The molecular formula is C17H32N4O5S2. The van der Waals surface area contributed by atoms with Crippen LogP contribution in [0.3, 0.4) is 0 Å². The molecule has 0 aliphatic heterocycles. The van der Waals surface area contributed by atoms with Crippen molar-refractivity contribution in [2.45, 2.75) is 57.8 Å². The van der Waals surface area contributed by atoms with E-state index in [1.165, 1.54) is 18.7 Å². The summed E-state index contributed by atoms with van der Waals surface area (Å²) in [4.78, 5) is 48.3. The van der Waals surface area contributed by atoms with Crippen LogP contribution >= 0.6 is 24.4 Å². The number of carboxylic acids is 1. The van der Waals surface area contributed by atoms with Crippen LogP contribution in [0.4, 0.5) is 0 Å². The lowest BCUT2D eigenvalue weighted by atomic mass is 9.97. The monoisotopic (exact) mass is 436 g/mol. The Morgan fingerprint density at radius 3 is 2.14 bits per heavy atom. The fourth-order valence-corrected chi connectivity index (χ4v) is 2.82. The highest BCUT2D eigenvalue weighted by atomic mass is 32.2. The van der Waals surface area contributed by atoms with Gasteiger partial charge in [0.15, 0.2) is 0 Å². The first kappa shape index (κ1) is 26.5. The van der Waals surface area contributed by atoms with Gasteiger partial charge in [0.1, 0.15) is 18.1 Å². The van der Waals surface area contributed by atoms with Crippen LogP contribution in [0.2, 0.25) is 0 Å². The van der Waals surface area contributed by atoms with Gasteiger partial charge in [-0.1, -0.05) is 20.3 Å². The Bertz CT molecular complexity index is 550. The molecule has 28 heavy (non-hydrogen) atoms. The molecule has 0 fully saturated rings. The molecule has 5 unspecified atom stereocenters. The zero-order valence-electron chi connectivity index (χ0n) is 16.7. The molecule has 6 N–H and O–H groups in total. The number of thiol groups is 1. The standard InChI is InChI=1S/C17H32N4O5S2/c1-5-9(2)13(21-14(22)11(18)8-27)16(24)20-12(6-7-28-4)15(23)19-10(3)17(25)26/h9-13,27H,5-8,18H2,1-4H3,(H,19,23)(H,20,24)(H,21,22)(H,25,26). The van der Waals surface area contributed by atoms with Gasteiger partial charge >= 0.3 is 5.97 Å². The number of thioether (sulfide) groups is 1. The van der Waals surface area contributed by atoms with Gasteiger partial charge in [-0.05, 0) is 31.3 Å². The van der Waals surface area contributed by atoms with E-state index in [0.29, 0.717) is 18.6 Å². The van der Waals surface area contributed by atoms with Gasteiger partial charge < -0.3 is 26.8 Å². The molecule has 0 bridgehead atoms. The van der Waals surface area contributed by atoms with Crippen molar-refractivity contribution in [3.8, 4) is 0 Å². The number of hydrogen-bond donors (Lipinski definition) is 6. The zero-order valence-corrected chi connectivity index (χ0v) is 18.4. The summed E-state index contributed by atoms with van der Waals surface area (Å²) in [5, 5.41) is 16.6. The Morgan fingerprint density at radius 2 is 1.68 bits per heavy atom. The van der Waals surface area contributed by atoms with Crippen LogP contribution in [-0.2, 0) is 19.2 Å². The number of amides is 3. The average Bonchev–Trinajstić information content (AvgIpc) is 2.66. The fourth-order valence-electron chi connectivity index (χ4n) is 2.19. The van der Waals surface area contributed by atoms with Crippen molar-refractivity contribution in [2.75, 3.05) is 17.8 Å². The van der Waals surface area contributed by atoms with Crippen molar-refractivity contribution in [2.24, 2.45) is 11.7 Å². The molecule has 162 valence electrons. The third-order valence-electron chi connectivity index (χ3n) is 4.30. The van der Waals surface area contributed by atoms with E-state index in [4.69, 9.17) is 10.8 Å². The van der Waals surface area contributed by atoms with Crippen LogP contribution in [0.5, 0.6) is 0 Å². The summed E-state index contributed by atoms with van der Waals surface area (Å²) in [5.41, 5.74) is 5.66. The predicted octanol–water partition coefficient (Wildman–Crippen LogP) is -0.398. The number of carbonyl (C=O) groups is 4. The first-order valence-electron chi connectivity index (χ1n) is 9.08. The van der Waals surface area contributed by atoms with E-state index in [0.717, 1.165) is 0 Å². The third kappa shape index (κ3) is 9.16. The molecule has 0 aliphatic rings. The maximum Gasteiger partial charge on any atom is 0.325 e. The highest BCUT2D eigenvalue weighted by molar-refractivity contribution is 7.98. The SMILES string of the molecule is CCC(C)C(NC(=O)C(N)CS)C(=O)NC(CCSC)C(=O)NC(C)C(=O)O. The summed E-state index contributed by atoms with van der Waals surface area (Å²) in [6.45, 7) is 5.02. The molecule has 11 heteroatoms. The normalized spacial score (nSPS) is 16.2. The summed E-state index contributed by atoms with van der Waals surface area (Å²) in [7, 11) is 0. The van der Waals surface area contributed by atoms with E-state index in [9.17, 15) is 19.2 Å². The van der Waals surface area contributed by atoms with Gasteiger partial charge in [-0.2, -0.15) is 24.4 Å². The van der Waals surface area contributed by atoms with Gasteiger partial charge in [-0.3, -0.25) is 19.2 Å². The molecule has 9 nitrogen and oxygen atoms in total. The molecule has 0 spiro atoms. The number of nitrogens with one attached hydrogen (secondary N) is 3. The first-order chi connectivity index (χ1) is 13.1. The predicted molar refractivity (Wildman–Crippen MR) is 113 cm³/mol. The average molecular weight is 437 g/mol. The van der Waals surface area contributed by atoms with E-state index >= 15 is 0 Å². The summed E-state index contributed by atoms with van der Waals surface area (Å²) in [6.07, 6.45) is 2.80. The second-order valence-electron chi connectivity index (χ2n) is 6.57. The van der Waals surface area contributed by atoms with Crippen molar-refractivity contribution in [3.63, 3.8) is 0 Å². The molecule has 5 atom stereocenters. The van der Waals surface area contributed by atoms with Crippen molar-refractivity contribution in [1.29, 1.82) is 0 Å². The molecule has 0 aromatic heterocycles. The number of hydrogen-bond acceptors (Lipinski definition) is 7. The Hall–Kier alpha value is -1.46. The lowest BCUT2D eigenvalue weighted by Crippen LogP contribution is -2.58. The van der Waals surface area contributed by atoms with Gasteiger partial charge in [0, 0.05) is 5.75 Å². The lowest BCUT2D eigenvalue weighted by Gasteiger charge is -2.27. The van der Waals surface area contributed by atoms with E-state index in [1.54, 1.807) is 6.92 Å². The molecule has 0 heterocycles. The maximum atomic E-state index is 12.8. The topological polar surface area (TPSA) is 151 Å². The van der Waals surface area contributed by atoms with Crippen molar-refractivity contribution >= 4 is 48.1 Å². The molecular weight excluding hydrogens is 404 g/mol. The van der Waals surface area contributed by atoms with Crippen LogP contribution < -0.4 is 21.7 Å². The van der Waals surface area contributed by atoms with Crippen molar-refractivity contribution in [1.82, 2.24) is 16.0 Å². The van der Waals surface area contributed by atoms with E-state index in [2.05, 4.69) is 28.6 Å². The van der Waals surface area contributed by atoms with Crippen molar-refractivity contribution in [3.05, 3.63) is 0 Å². The summed E-state index contributed by atoms with van der Waals surface area (Å²) in [5.74, 6) is -2.25. The van der Waals surface area contributed by atoms with Crippen LogP contribution in [0.15, 0.2) is 0 Å². The lowest BCUT2D eigenvalue weighted by molar-refractivity contribution is -0.141. The van der Waals surface area contributed by atoms with Gasteiger partial charge in [-0.25, -0.2) is 0 Å². The zero-order chi connectivity index (χ0) is 21.9. The molecule has 3 amide bonds. The molecule has 0 aromatic rings. The smallest absolute Gasteiger partial charge is 0.325 e. The minimum absolute atomic E-state index is 0.131. The quantitative estimate of drug-likeness (QED) is 0.215. The molecule has 0 rings (SSSR count). The van der Waals surface area contributed by atoms with Crippen molar-refractivity contribution < 1.29 is 24.3 Å². The van der Waals surface area contributed by atoms with Crippen LogP contribution in [0, 0.1) is 5.92 Å². The second-order valence-corrected chi connectivity index (χ2v) is 7.92. The van der Waals surface area contributed by atoms with E-state index in [1.807, 2.05) is 13.2 Å². The van der Waals surface area contributed by atoms with Gasteiger partial charge in [0.25, 0.3) is 0 Å². The Morgan fingerprint density at radius 1 is 1.07 bits per heavy atom. The first-order valence-corrected chi connectivity index (χ1v) is 11.1. The second kappa shape index (κ2) is 13.7.